The van der Waals surface area contributed by atoms with Crippen molar-refractivity contribution in [1.82, 2.24) is 20.1 Å². The van der Waals surface area contributed by atoms with Gasteiger partial charge < -0.3 is 15.1 Å². The van der Waals surface area contributed by atoms with Crippen molar-refractivity contribution >= 4 is 50.5 Å². The van der Waals surface area contributed by atoms with Gasteiger partial charge in [-0.3, -0.25) is 14.4 Å². The van der Waals surface area contributed by atoms with Gasteiger partial charge in [0.25, 0.3) is 5.91 Å². The molecule has 0 saturated carbocycles. The first-order chi connectivity index (χ1) is 15.7. The number of hydrogen-bond acceptors (Lipinski definition) is 6. The molecule has 0 radical (unpaired) electrons. The Hall–Kier alpha value is -3.22. The highest BCUT2D eigenvalue weighted by Crippen LogP contribution is 2.34. The highest BCUT2D eigenvalue weighted by atomic mass is 32.1. The van der Waals surface area contributed by atoms with Gasteiger partial charge in [-0.15, -0.1) is 29.1 Å². The lowest BCUT2D eigenvalue weighted by Gasteiger charge is -2.39. The number of aromatic nitrogens is 1. The lowest BCUT2D eigenvalue weighted by atomic mass is 10.00. The first-order valence-corrected chi connectivity index (χ1v) is 12.2. The largest absolute Gasteiger partial charge is 0.349 e. The summed E-state index contributed by atoms with van der Waals surface area (Å²) in [5, 5.41) is 7.94. The van der Waals surface area contributed by atoms with Crippen molar-refractivity contribution in [2.75, 3.05) is 19.6 Å². The normalized spacial score (nSPS) is 15.4. The Kier molecular flexibility index (Phi) is 6.23. The maximum atomic E-state index is 13.4. The third kappa shape index (κ3) is 4.77. The molecule has 33 heavy (non-hydrogen) atoms. The van der Waals surface area contributed by atoms with E-state index in [1.807, 2.05) is 50.4 Å². The molecule has 4 rings (SSSR count). The molecule has 7 nitrogen and oxygen atoms in total. The van der Waals surface area contributed by atoms with Crippen LogP contribution in [0.5, 0.6) is 0 Å². The van der Waals surface area contributed by atoms with Crippen LogP contribution in [0.4, 0.5) is 0 Å². The molecule has 1 aliphatic heterocycles. The van der Waals surface area contributed by atoms with E-state index in [1.54, 1.807) is 21.6 Å². The van der Waals surface area contributed by atoms with Gasteiger partial charge in [-0.25, -0.2) is 4.98 Å². The van der Waals surface area contributed by atoms with Crippen molar-refractivity contribution in [3.05, 3.63) is 51.3 Å². The minimum absolute atomic E-state index is 0.122. The topological polar surface area (TPSA) is 82.6 Å². The molecule has 1 aliphatic rings. The molecule has 3 aromatic rings. The number of terminal acetylenes is 1. The molecule has 3 heterocycles. The van der Waals surface area contributed by atoms with Gasteiger partial charge in [-0.1, -0.05) is 18.2 Å². The molecule has 0 aliphatic carbocycles. The highest BCUT2D eigenvalue weighted by Gasteiger charge is 2.38. The Bertz CT molecular complexity index is 1260. The van der Waals surface area contributed by atoms with E-state index in [2.05, 4.69) is 16.2 Å². The van der Waals surface area contributed by atoms with E-state index in [0.29, 0.717) is 11.6 Å². The lowest BCUT2D eigenvalue weighted by molar-refractivity contribution is -0.144. The van der Waals surface area contributed by atoms with Gasteiger partial charge in [0.15, 0.2) is 5.01 Å². The van der Waals surface area contributed by atoms with Gasteiger partial charge in [0, 0.05) is 34.3 Å². The molecule has 0 spiro atoms. The zero-order valence-electron chi connectivity index (χ0n) is 18.6. The quantitative estimate of drug-likeness (QED) is 0.581. The fraction of sp³-hybridized carbons (Fsp3) is 0.333. The lowest BCUT2D eigenvalue weighted by Crippen LogP contribution is -2.56. The molecule has 9 heteroatoms. The zero-order chi connectivity index (χ0) is 23.8. The number of hydrogen-bond donors (Lipinski definition) is 1. The average Bonchev–Trinajstić information content (AvgIpc) is 3.41. The predicted octanol–water partition coefficient (Wildman–Crippen LogP) is 3.28. The van der Waals surface area contributed by atoms with Gasteiger partial charge in [-0.2, -0.15) is 0 Å². The highest BCUT2D eigenvalue weighted by molar-refractivity contribution is 7.17. The maximum Gasteiger partial charge on any atom is 0.273 e. The van der Waals surface area contributed by atoms with Crippen molar-refractivity contribution < 1.29 is 14.4 Å². The Labute approximate surface area is 200 Å². The summed E-state index contributed by atoms with van der Waals surface area (Å²) < 4.78 is 1.05. The third-order valence-corrected chi connectivity index (χ3v) is 7.01. The molecular formula is C24H24N4O3S2. The molecule has 170 valence electrons. The monoisotopic (exact) mass is 480 g/mol. The number of fused-ring (bicyclic) bond motifs is 1. The van der Waals surface area contributed by atoms with Crippen LogP contribution in [0, 0.1) is 12.3 Å². The smallest absolute Gasteiger partial charge is 0.273 e. The van der Waals surface area contributed by atoms with E-state index in [4.69, 9.17) is 6.42 Å². The molecule has 0 bridgehead atoms. The number of benzene rings is 1. The number of amides is 3. The van der Waals surface area contributed by atoms with E-state index in [0.717, 1.165) is 15.6 Å². The van der Waals surface area contributed by atoms with Crippen molar-refractivity contribution in [2.45, 2.75) is 32.4 Å². The van der Waals surface area contributed by atoms with Gasteiger partial charge in [0.2, 0.25) is 11.8 Å². The molecule has 1 saturated heterocycles. The van der Waals surface area contributed by atoms with Crippen LogP contribution >= 0.6 is 22.7 Å². The fourth-order valence-corrected chi connectivity index (χ4v) is 5.41. The van der Waals surface area contributed by atoms with Gasteiger partial charge >= 0.3 is 0 Å². The van der Waals surface area contributed by atoms with E-state index in [1.165, 1.54) is 16.2 Å². The van der Waals surface area contributed by atoms with Gasteiger partial charge in [-0.05, 0) is 43.5 Å². The number of carbonyl (C=O) groups is 3. The van der Waals surface area contributed by atoms with Crippen molar-refractivity contribution in [2.24, 2.45) is 0 Å². The van der Waals surface area contributed by atoms with E-state index in [-0.39, 0.29) is 36.5 Å². The second-order valence-electron chi connectivity index (χ2n) is 8.83. The number of nitrogens with zero attached hydrogens (tertiary/aromatic N) is 3. The van der Waals surface area contributed by atoms with Crippen LogP contribution in [0.2, 0.25) is 0 Å². The zero-order valence-corrected chi connectivity index (χ0v) is 20.3. The number of carbonyl (C=O) groups excluding carboxylic acids is 3. The molecule has 1 N–H and O–H groups in total. The van der Waals surface area contributed by atoms with Crippen LogP contribution in [-0.4, -0.2) is 57.7 Å². The van der Waals surface area contributed by atoms with Crippen LogP contribution in [-0.2, 0) is 9.59 Å². The van der Waals surface area contributed by atoms with Crippen LogP contribution in [0.3, 0.4) is 0 Å². The molecule has 1 unspecified atom stereocenters. The SMILES string of the molecule is C#Cc1nc(C(=O)N2CCN(C(C(=O)NC(C)(C)C)c3csc4ccccc34)C(=O)C2)cs1. The van der Waals surface area contributed by atoms with E-state index >= 15 is 0 Å². The van der Waals surface area contributed by atoms with Gasteiger partial charge in [0.1, 0.15) is 18.3 Å². The Balaban J connectivity index is 1.61. The summed E-state index contributed by atoms with van der Waals surface area (Å²) in [7, 11) is 0. The molecule has 1 fully saturated rings. The Morgan fingerprint density at radius 2 is 1.94 bits per heavy atom. The number of nitrogens with one attached hydrogen (secondary N) is 1. The predicted molar refractivity (Wildman–Crippen MR) is 130 cm³/mol. The number of piperazine rings is 1. The molecular weight excluding hydrogens is 456 g/mol. The second kappa shape index (κ2) is 8.96. The average molecular weight is 481 g/mol. The van der Waals surface area contributed by atoms with Gasteiger partial charge in [0.05, 0.1) is 0 Å². The first-order valence-electron chi connectivity index (χ1n) is 10.5. The summed E-state index contributed by atoms with van der Waals surface area (Å²) in [6, 6.07) is 7.06. The van der Waals surface area contributed by atoms with Crippen LogP contribution in [0.15, 0.2) is 35.0 Å². The third-order valence-electron chi connectivity index (χ3n) is 5.26. The number of thiazole rings is 1. The minimum Gasteiger partial charge on any atom is -0.349 e. The van der Waals surface area contributed by atoms with E-state index in [9.17, 15) is 14.4 Å². The molecule has 1 aromatic carbocycles. The second-order valence-corrected chi connectivity index (χ2v) is 10.6. The van der Waals surface area contributed by atoms with Crippen LogP contribution in [0.1, 0.15) is 47.9 Å². The van der Waals surface area contributed by atoms with E-state index < -0.39 is 11.6 Å². The van der Waals surface area contributed by atoms with Crippen molar-refractivity contribution in [1.29, 1.82) is 0 Å². The molecule has 1 atom stereocenters. The fourth-order valence-electron chi connectivity index (χ4n) is 3.83. The van der Waals surface area contributed by atoms with Crippen molar-refractivity contribution in [3.63, 3.8) is 0 Å². The summed E-state index contributed by atoms with van der Waals surface area (Å²) in [6.45, 7) is 6.14. The Morgan fingerprint density at radius 3 is 2.61 bits per heavy atom. The minimum atomic E-state index is -0.780. The Morgan fingerprint density at radius 1 is 1.18 bits per heavy atom. The molecule has 2 aromatic heterocycles. The summed E-state index contributed by atoms with van der Waals surface area (Å²) >= 11 is 2.76. The summed E-state index contributed by atoms with van der Waals surface area (Å²) in [6.07, 6.45) is 5.35. The first kappa shape index (κ1) is 23.0. The van der Waals surface area contributed by atoms with Crippen molar-refractivity contribution in [3.8, 4) is 12.3 Å². The molecule has 3 amide bonds. The summed E-state index contributed by atoms with van der Waals surface area (Å²) in [5.41, 5.74) is 0.574. The van der Waals surface area contributed by atoms with Crippen LogP contribution in [0.25, 0.3) is 10.1 Å². The summed E-state index contributed by atoms with van der Waals surface area (Å²) in [4.78, 5) is 46.7. The number of rotatable bonds is 4. The summed E-state index contributed by atoms with van der Waals surface area (Å²) in [5.74, 6) is 1.56. The maximum absolute atomic E-state index is 13.4. The number of thiophene rings is 1. The standard InChI is InChI=1S/C24H24N4O3S2/c1-5-19-25-17(14-33-19)23(31)27-10-11-28(20(29)12-27)21(22(30)26-24(2,3)4)16-13-32-18-9-7-6-8-15(16)18/h1,6-9,13-14,21H,10-12H2,2-4H3,(H,26,30). The van der Waals surface area contributed by atoms with Crippen LogP contribution < -0.4 is 5.32 Å².